The zero-order valence-corrected chi connectivity index (χ0v) is 36.0. The molecule has 2 amide bonds. The maximum Gasteiger partial charge on any atom is 0.340 e. The predicted octanol–water partition coefficient (Wildman–Crippen LogP) is 7.94. The van der Waals surface area contributed by atoms with Gasteiger partial charge in [0, 0.05) is 59.7 Å². The van der Waals surface area contributed by atoms with Crippen LogP contribution in [0.5, 0.6) is 0 Å². The highest BCUT2D eigenvalue weighted by Gasteiger charge is 2.69. The van der Waals surface area contributed by atoms with Gasteiger partial charge in [-0.3, -0.25) is 14.5 Å². The van der Waals surface area contributed by atoms with E-state index in [-0.39, 0.29) is 58.8 Å². The number of imide groups is 1. The Morgan fingerprint density at radius 1 is 0.900 bits per heavy atom. The first kappa shape index (κ1) is 39.1. The number of aliphatic hydroxyl groups excluding tert-OH is 1. The molecule has 13 rings (SSSR count). The third-order valence-corrected chi connectivity index (χ3v) is 19.2. The zero-order chi connectivity index (χ0) is 40.9. The first-order valence-corrected chi connectivity index (χ1v) is 25.0. The van der Waals surface area contributed by atoms with Gasteiger partial charge in [0.1, 0.15) is 28.1 Å². The molecule has 3 saturated carbocycles. The molecule has 7 heterocycles. The van der Waals surface area contributed by atoms with Crippen molar-refractivity contribution in [2.24, 2.45) is 46.3 Å². The van der Waals surface area contributed by atoms with Crippen LogP contribution in [-0.2, 0) is 28.7 Å². The summed E-state index contributed by atoms with van der Waals surface area (Å²) in [5.74, 6) is 0.254. The molecule has 13 aliphatic rings. The van der Waals surface area contributed by atoms with Crippen LogP contribution in [0.1, 0.15) is 103 Å². The molecule has 8 atom stereocenters. The molecule has 12 heteroatoms. The number of aliphatic hydroxyl groups is 1. The summed E-state index contributed by atoms with van der Waals surface area (Å²) in [6, 6.07) is 0. The van der Waals surface area contributed by atoms with Gasteiger partial charge in [-0.05, 0) is 97.8 Å². The van der Waals surface area contributed by atoms with Crippen LogP contribution in [0.4, 0.5) is 0 Å². The standard InChI is InChI=1S/C48H55N3O7S2/c1-2-47(20-6-7-21-47)24-34-32-11-10-30-29-18-22-48(41(30)40(32)44(54)57-34)35-14-12-27(26-8-4-3-5-9-26)46(56)60-59-36-15-13-31-28(19-23-49-43(31)50-36)33(39(29)42(48)45(55)58-35)25-51-37(52)16-17-38(51)53/h13-17,19,24,26-27,29-30,33,36,41,46,49-50,56H,2-12,18,20-23,25H2,1H3. The average molecular weight is 850 g/mol. The lowest BCUT2D eigenvalue weighted by atomic mass is 9.43. The second-order valence-corrected chi connectivity index (χ2v) is 21.6. The van der Waals surface area contributed by atoms with Gasteiger partial charge in [0.05, 0.1) is 11.0 Å². The fourth-order valence-electron chi connectivity index (χ4n) is 13.7. The van der Waals surface area contributed by atoms with Crippen LogP contribution in [0.2, 0.25) is 0 Å². The summed E-state index contributed by atoms with van der Waals surface area (Å²) in [5, 5.41) is 19.2. The van der Waals surface area contributed by atoms with E-state index in [1.165, 1.54) is 47.1 Å². The van der Waals surface area contributed by atoms with Crippen LogP contribution < -0.4 is 10.6 Å². The topological polar surface area (TPSA) is 134 Å². The number of hydrogen-bond donors (Lipinski definition) is 3. The molecule has 9 bridgehead atoms. The Morgan fingerprint density at radius 2 is 1.70 bits per heavy atom. The average Bonchev–Trinajstić information content (AvgIpc) is 4.03. The molecule has 0 aromatic rings. The number of rotatable bonds is 5. The highest BCUT2D eigenvalue weighted by Crippen LogP contribution is 2.72. The number of esters is 2. The number of nitrogens with one attached hydrogen (secondary N) is 2. The molecule has 4 fully saturated rings. The number of nitrogens with zero attached hydrogens (tertiary/aromatic N) is 1. The quantitative estimate of drug-likeness (QED) is 0.142. The third kappa shape index (κ3) is 5.99. The van der Waals surface area contributed by atoms with Crippen LogP contribution >= 0.6 is 21.6 Å². The van der Waals surface area contributed by atoms with E-state index < -0.39 is 22.7 Å². The summed E-state index contributed by atoms with van der Waals surface area (Å²) in [6.45, 7) is 2.87. The fourth-order valence-corrected chi connectivity index (χ4v) is 16.2. The maximum absolute atomic E-state index is 15.1. The van der Waals surface area contributed by atoms with E-state index in [0.29, 0.717) is 36.6 Å². The molecule has 7 aliphatic heterocycles. The van der Waals surface area contributed by atoms with E-state index in [1.807, 2.05) is 0 Å². The first-order valence-electron chi connectivity index (χ1n) is 22.7. The lowest BCUT2D eigenvalue weighted by molar-refractivity contribution is -0.138. The molecule has 3 N–H and O–H groups in total. The monoisotopic (exact) mass is 849 g/mol. The van der Waals surface area contributed by atoms with Gasteiger partial charge in [-0.15, -0.1) is 0 Å². The van der Waals surface area contributed by atoms with Crippen LogP contribution in [0, 0.1) is 46.3 Å². The van der Waals surface area contributed by atoms with Gasteiger partial charge < -0.3 is 25.2 Å². The smallest absolute Gasteiger partial charge is 0.340 e. The van der Waals surface area contributed by atoms with E-state index in [2.05, 4.69) is 47.9 Å². The summed E-state index contributed by atoms with van der Waals surface area (Å²) in [6.07, 6.45) is 28.1. The van der Waals surface area contributed by atoms with Gasteiger partial charge in [0.2, 0.25) is 0 Å². The highest BCUT2D eigenvalue weighted by atomic mass is 33.1. The van der Waals surface area contributed by atoms with E-state index >= 15 is 4.79 Å². The van der Waals surface area contributed by atoms with Crippen molar-refractivity contribution in [2.45, 2.75) is 114 Å². The Morgan fingerprint density at radius 3 is 2.48 bits per heavy atom. The molecule has 8 unspecified atom stereocenters. The summed E-state index contributed by atoms with van der Waals surface area (Å²) < 4.78 is 13.0. The zero-order valence-electron chi connectivity index (χ0n) is 34.3. The van der Waals surface area contributed by atoms with Gasteiger partial charge in [0.25, 0.3) is 11.8 Å². The highest BCUT2D eigenvalue weighted by molar-refractivity contribution is 8.77. The number of fused-ring (bicyclic) bond motifs is 6. The maximum atomic E-state index is 15.1. The van der Waals surface area contributed by atoms with Crippen molar-refractivity contribution in [2.75, 3.05) is 13.1 Å². The van der Waals surface area contributed by atoms with Crippen molar-refractivity contribution in [3.05, 3.63) is 93.3 Å². The molecule has 0 aromatic carbocycles. The van der Waals surface area contributed by atoms with Gasteiger partial charge in [-0.1, -0.05) is 91.7 Å². The van der Waals surface area contributed by atoms with E-state index in [9.17, 15) is 19.5 Å². The summed E-state index contributed by atoms with van der Waals surface area (Å²) >= 11 is 0. The van der Waals surface area contributed by atoms with Crippen LogP contribution in [-0.4, -0.2) is 57.7 Å². The summed E-state index contributed by atoms with van der Waals surface area (Å²) in [5.41, 5.74) is 3.66. The Balaban J connectivity index is 1.13. The Labute approximate surface area is 359 Å². The number of carbonyl (C=O) groups excluding carboxylic acids is 4. The van der Waals surface area contributed by atoms with E-state index in [1.54, 1.807) is 10.8 Å². The van der Waals surface area contributed by atoms with Crippen molar-refractivity contribution in [1.82, 2.24) is 15.5 Å². The Bertz CT molecular complexity index is 2180. The summed E-state index contributed by atoms with van der Waals surface area (Å²) in [7, 11) is 3.12. The summed E-state index contributed by atoms with van der Waals surface area (Å²) in [4.78, 5) is 57.8. The first-order chi connectivity index (χ1) is 29.2. The molecule has 60 heavy (non-hydrogen) atoms. The SMILES string of the molecule is CCC1(C=C2OC(=O)C3=C2CCC2C4CCC5(C6=CCC(C7CCCCC7)C(O)SSC7C=CC8=C(NCC=C8C(CN8C(=O)C=CC8=O)C4=C5C(=O)O6)N7)C32)CCCC1. The minimum absolute atomic E-state index is 0.0176. The number of hydrogen-bond acceptors (Lipinski definition) is 11. The van der Waals surface area contributed by atoms with Crippen LogP contribution in [0.3, 0.4) is 0 Å². The van der Waals surface area contributed by atoms with Gasteiger partial charge >= 0.3 is 11.9 Å². The third-order valence-electron chi connectivity index (χ3n) is 16.5. The molecular weight excluding hydrogens is 795 g/mol. The van der Waals surface area contributed by atoms with Crippen molar-refractivity contribution in [3.8, 4) is 0 Å². The van der Waals surface area contributed by atoms with Crippen molar-refractivity contribution >= 4 is 45.3 Å². The normalized spacial score (nSPS) is 37.7. The molecule has 1 saturated heterocycles. The largest absolute Gasteiger partial charge is 0.427 e. The number of amides is 2. The van der Waals surface area contributed by atoms with E-state index in [4.69, 9.17) is 9.47 Å². The number of cyclic esters (lactones) is 1. The second-order valence-electron chi connectivity index (χ2n) is 19.1. The molecule has 0 aromatic heterocycles. The van der Waals surface area contributed by atoms with Crippen molar-refractivity contribution in [3.63, 3.8) is 0 Å². The minimum Gasteiger partial charge on any atom is -0.427 e. The predicted molar refractivity (Wildman–Crippen MR) is 229 cm³/mol. The van der Waals surface area contributed by atoms with Crippen LogP contribution in [0.15, 0.2) is 93.3 Å². The lowest BCUT2D eigenvalue weighted by Crippen LogP contribution is -2.54. The molecule has 6 aliphatic carbocycles. The minimum atomic E-state index is -0.926. The second kappa shape index (κ2) is 15.0. The van der Waals surface area contributed by atoms with Gasteiger partial charge in [-0.2, -0.15) is 0 Å². The van der Waals surface area contributed by atoms with Crippen molar-refractivity contribution in [1.29, 1.82) is 0 Å². The van der Waals surface area contributed by atoms with Gasteiger partial charge in [0.15, 0.2) is 0 Å². The number of allylic oxidation sites excluding steroid dienone is 6. The van der Waals surface area contributed by atoms with Crippen LogP contribution in [0.25, 0.3) is 0 Å². The van der Waals surface area contributed by atoms with Crippen molar-refractivity contribution < 1.29 is 33.8 Å². The molecule has 1 spiro atoms. The molecule has 316 valence electrons. The van der Waals surface area contributed by atoms with E-state index in [0.717, 1.165) is 104 Å². The molecular formula is C48H55N3O7S2. The van der Waals surface area contributed by atoms with Gasteiger partial charge in [-0.25, -0.2) is 9.59 Å². The Kier molecular flexibility index (Phi) is 9.76. The number of carbonyl (C=O) groups is 4. The lowest BCUT2D eigenvalue weighted by Gasteiger charge is -2.57. The number of dihydropyridines is 2. The Hall–Kier alpha value is -3.74. The fraction of sp³-hybridized carbons (Fsp3) is 0.583. The number of ether oxygens (including phenoxy) is 2. The molecule has 0 radical (unpaired) electrons. The molecule has 10 nitrogen and oxygen atoms in total.